The number of rotatable bonds is 9. The van der Waals surface area contributed by atoms with Crippen LogP contribution in [0.2, 0.25) is 0 Å². The second kappa shape index (κ2) is 10.5. The van der Waals surface area contributed by atoms with Crippen molar-refractivity contribution in [1.29, 1.82) is 0 Å². The minimum Gasteiger partial charge on any atom is -0.385 e. The number of aliphatic imine (C=N–C) groups is 1. The molecule has 0 aliphatic carbocycles. The van der Waals surface area contributed by atoms with Crippen LogP contribution in [-0.2, 0) is 11.3 Å². The molecule has 0 saturated heterocycles. The Morgan fingerprint density at radius 2 is 2.09 bits per heavy atom. The number of hydrogen-bond acceptors (Lipinski definition) is 5. The summed E-state index contributed by atoms with van der Waals surface area (Å²) in [4.78, 5) is 12.3. The third-order valence-electron chi connectivity index (χ3n) is 3.38. The summed E-state index contributed by atoms with van der Waals surface area (Å²) in [6.07, 6.45) is 1.06. The second-order valence-electron chi connectivity index (χ2n) is 5.25. The van der Waals surface area contributed by atoms with Crippen LogP contribution in [0.4, 0.5) is 0 Å². The molecule has 0 bridgehead atoms. The number of aromatic nitrogens is 1. The van der Waals surface area contributed by atoms with Gasteiger partial charge < -0.3 is 20.3 Å². The van der Waals surface area contributed by atoms with Crippen LogP contribution in [0, 0.1) is 13.8 Å². The van der Waals surface area contributed by atoms with Gasteiger partial charge in [0.05, 0.1) is 12.2 Å². The molecule has 0 unspecified atom stereocenters. The highest BCUT2D eigenvalue weighted by Gasteiger charge is 2.05. The predicted octanol–water partition coefficient (Wildman–Crippen LogP) is 1.39. The summed E-state index contributed by atoms with van der Waals surface area (Å²) < 4.78 is 5.06. The number of ether oxygens (including phenoxy) is 1. The first-order valence-corrected chi connectivity index (χ1v) is 8.43. The molecule has 0 saturated carbocycles. The number of nitrogens with one attached hydrogen (secondary N) is 2. The van der Waals surface area contributed by atoms with Gasteiger partial charge in [0.1, 0.15) is 5.01 Å². The van der Waals surface area contributed by atoms with E-state index in [1.807, 2.05) is 6.92 Å². The molecule has 1 aromatic heterocycles. The summed E-state index contributed by atoms with van der Waals surface area (Å²) in [6.45, 7) is 8.54. The maximum atomic E-state index is 5.06. The zero-order valence-electron chi connectivity index (χ0n) is 14.4. The molecular formula is C15H29N5OS. The van der Waals surface area contributed by atoms with Crippen LogP contribution < -0.4 is 10.6 Å². The minimum atomic E-state index is 0.711. The molecule has 0 aliphatic rings. The van der Waals surface area contributed by atoms with E-state index in [1.54, 1.807) is 25.5 Å². The van der Waals surface area contributed by atoms with Gasteiger partial charge in [0.2, 0.25) is 0 Å². The van der Waals surface area contributed by atoms with Crippen molar-refractivity contribution in [3.05, 3.63) is 15.6 Å². The Labute approximate surface area is 138 Å². The van der Waals surface area contributed by atoms with E-state index >= 15 is 0 Å². The van der Waals surface area contributed by atoms with Gasteiger partial charge in [-0.3, -0.25) is 4.99 Å². The summed E-state index contributed by atoms with van der Waals surface area (Å²) in [7, 11) is 5.65. The lowest BCUT2D eigenvalue weighted by Gasteiger charge is -2.17. The van der Waals surface area contributed by atoms with Crippen LogP contribution in [0.3, 0.4) is 0 Å². The average Bonchev–Trinajstić information content (AvgIpc) is 2.81. The molecule has 0 amide bonds. The molecule has 0 aliphatic heterocycles. The van der Waals surface area contributed by atoms with Gasteiger partial charge in [0, 0.05) is 45.3 Å². The fourth-order valence-electron chi connectivity index (χ4n) is 1.95. The molecule has 1 rings (SSSR count). The normalized spacial score (nSPS) is 12.0. The lowest BCUT2D eigenvalue weighted by atomic mass is 10.4. The minimum absolute atomic E-state index is 0.711. The molecule has 1 aromatic rings. The summed E-state index contributed by atoms with van der Waals surface area (Å²) >= 11 is 1.73. The molecule has 126 valence electrons. The van der Waals surface area contributed by atoms with Crippen LogP contribution >= 0.6 is 11.3 Å². The zero-order chi connectivity index (χ0) is 16.4. The Morgan fingerprint density at radius 1 is 1.32 bits per heavy atom. The number of nitrogens with zero attached hydrogens (tertiary/aromatic N) is 3. The van der Waals surface area contributed by atoms with Gasteiger partial charge in [0.25, 0.3) is 0 Å². The molecule has 0 spiro atoms. The van der Waals surface area contributed by atoms with Crippen molar-refractivity contribution in [3.8, 4) is 0 Å². The molecule has 1 heterocycles. The van der Waals surface area contributed by atoms with E-state index < -0.39 is 0 Å². The molecule has 0 aromatic carbocycles. The highest BCUT2D eigenvalue weighted by atomic mass is 32.1. The van der Waals surface area contributed by atoms with Crippen molar-refractivity contribution in [2.45, 2.75) is 26.8 Å². The molecule has 0 radical (unpaired) electrons. The average molecular weight is 327 g/mol. The van der Waals surface area contributed by atoms with E-state index in [1.165, 1.54) is 4.88 Å². The molecular weight excluding hydrogens is 298 g/mol. The van der Waals surface area contributed by atoms with Gasteiger partial charge >= 0.3 is 0 Å². The van der Waals surface area contributed by atoms with E-state index in [2.05, 4.69) is 39.5 Å². The molecule has 6 nitrogen and oxygen atoms in total. The van der Waals surface area contributed by atoms with Crippen LogP contribution in [0.25, 0.3) is 0 Å². The van der Waals surface area contributed by atoms with Crippen LogP contribution in [0.1, 0.15) is 22.0 Å². The van der Waals surface area contributed by atoms with Crippen LogP contribution in [-0.4, -0.2) is 63.3 Å². The molecule has 0 fully saturated rings. The van der Waals surface area contributed by atoms with Crippen molar-refractivity contribution in [2.75, 3.05) is 47.4 Å². The van der Waals surface area contributed by atoms with E-state index in [9.17, 15) is 0 Å². The van der Waals surface area contributed by atoms with Gasteiger partial charge in [0.15, 0.2) is 5.96 Å². The SMILES string of the molecule is CN=C(NCCN(C)CCCOC)NCc1nc(C)c(C)s1. The Morgan fingerprint density at radius 3 is 2.68 bits per heavy atom. The number of hydrogen-bond donors (Lipinski definition) is 2. The monoisotopic (exact) mass is 327 g/mol. The highest BCUT2D eigenvalue weighted by Crippen LogP contribution is 2.15. The maximum absolute atomic E-state index is 5.06. The Balaban J connectivity index is 2.22. The Bertz CT molecular complexity index is 441. The van der Waals surface area contributed by atoms with Crippen molar-refractivity contribution in [1.82, 2.24) is 20.5 Å². The smallest absolute Gasteiger partial charge is 0.191 e. The highest BCUT2D eigenvalue weighted by molar-refractivity contribution is 7.11. The topological polar surface area (TPSA) is 61.8 Å². The van der Waals surface area contributed by atoms with Crippen molar-refractivity contribution in [2.24, 2.45) is 4.99 Å². The van der Waals surface area contributed by atoms with E-state index in [4.69, 9.17) is 4.74 Å². The Hall–Kier alpha value is -1.18. The first-order valence-electron chi connectivity index (χ1n) is 7.61. The first-order chi connectivity index (χ1) is 10.6. The first kappa shape index (κ1) is 18.9. The predicted molar refractivity (Wildman–Crippen MR) is 93.8 cm³/mol. The van der Waals surface area contributed by atoms with Crippen molar-refractivity contribution < 1.29 is 4.74 Å². The van der Waals surface area contributed by atoms with E-state index in [-0.39, 0.29) is 0 Å². The van der Waals surface area contributed by atoms with Gasteiger partial charge in [-0.05, 0) is 27.3 Å². The third kappa shape index (κ3) is 7.20. The Kier molecular flexibility index (Phi) is 9.03. The zero-order valence-corrected chi connectivity index (χ0v) is 15.2. The standard InChI is InChI=1S/C15H29N5OS/c1-12-13(2)22-14(19-12)11-18-15(16-3)17-7-9-20(4)8-6-10-21-5/h6-11H2,1-5H3,(H2,16,17,18). The number of thiazole rings is 1. The largest absolute Gasteiger partial charge is 0.385 e. The fraction of sp³-hybridized carbons (Fsp3) is 0.733. The molecule has 7 heteroatoms. The van der Waals surface area contributed by atoms with Gasteiger partial charge in [-0.15, -0.1) is 11.3 Å². The summed E-state index contributed by atoms with van der Waals surface area (Å²) in [5, 5.41) is 7.72. The number of likely N-dealkylation sites (N-methyl/N-ethyl adjacent to an activating group) is 1. The van der Waals surface area contributed by atoms with Crippen molar-refractivity contribution in [3.63, 3.8) is 0 Å². The lowest BCUT2D eigenvalue weighted by Crippen LogP contribution is -2.40. The number of aryl methyl sites for hydroxylation is 2. The quantitative estimate of drug-likeness (QED) is 0.408. The lowest BCUT2D eigenvalue weighted by molar-refractivity contribution is 0.180. The summed E-state index contributed by atoms with van der Waals surface area (Å²) in [6, 6.07) is 0. The fourth-order valence-corrected chi connectivity index (χ4v) is 2.82. The molecule has 2 N–H and O–H groups in total. The molecule has 22 heavy (non-hydrogen) atoms. The van der Waals surface area contributed by atoms with Gasteiger partial charge in [-0.1, -0.05) is 0 Å². The number of guanidine groups is 1. The molecule has 0 atom stereocenters. The summed E-state index contributed by atoms with van der Waals surface area (Å²) in [5.74, 6) is 0.816. The van der Waals surface area contributed by atoms with E-state index in [0.717, 1.165) is 49.3 Å². The third-order valence-corrected chi connectivity index (χ3v) is 4.45. The van der Waals surface area contributed by atoms with Crippen molar-refractivity contribution >= 4 is 17.3 Å². The van der Waals surface area contributed by atoms with Gasteiger partial charge in [-0.25, -0.2) is 4.98 Å². The maximum Gasteiger partial charge on any atom is 0.191 e. The van der Waals surface area contributed by atoms with E-state index in [0.29, 0.717) is 6.54 Å². The summed E-state index contributed by atoms with van der Waals surface area (Å²) in [5.41, 5.74) is 1.11. The van der Waals surface area contributed by atoms with Crippen LogP contribution in [0.5, 0.6) is 0 Å². The van der Waals surface area contributed by atoms with Gasteiger partial charge in [-0.2, -0.15) is 0 Å². The van der Waals surface area contributed by atoms with Crippen LogP contribution in [0.15, 0.2) is 4.99 Å². The second-order valence-corrected chi connectivity index (χ2v) is 6.54. The number of methoxy groups -OCH3 is 1.